The van der Waals surface area contributed by atoms with E-state index in [1.807, 2.05) is 54.6 Å². The summed E-state index contributed by atoms with van der Waals surface area (Å²) >= 11 is 1.16. The second-order valence-corrected chi connectivity index (χ2v) is 7.00. The molecule has 0 saturated heterocycles. The van der Waals surface area contributed by atoms with Crippen molar-refractivity contribution >= 4 is 28.1 Å². The van der Waals surface area contributed by atoms with Crippen LogP contribution in [-0.2, 0) is 0 Å². The molecule has 0 spiro atoms. The van der Waals surface area contributed by atoms with E-state index in [0.717, 1.165) is 32.5 Å². The van der Waals surface area contributed by atoms with Gasteiger partial charge in [0.05, 0.1) is 0 Å². The lowest BCUT2D eigenvalue weighted by molar-refractivity contribution is 0.0697. The number of benzene rings is 2. The minimum Gasteiger partial charge on any atom is -0.477 e. The minimum atomic E-state index is -1.04. The van der Waals surface area contributed by atoms with Gasteiger partial charge in [0.2, 0.25) is 0 Å². The summed E-state index contributed by atoms with van der Waals surface area (Å²) in [7, 11) is 0. The number of nitrogens with zero attached hydrogens (tertiary/aromatic N) is 1. The molecule has 26 heavy (non-hydrogen) atoms. The van der Waals surface area contributed by atoms with Crippen molar-refractivity contribution in [2.45, 2.75) is 6.10 Å². The molecule has 0 fully saturated rings. The number of hydrogen-bond donors (Lipinski definition) is 2. The maximum absolute atomic E-state index is 11.7. The Morgan fingerprint density at radius 2 is 1.69 bits per heavy atom. The van der Waals surface area contributed by atoms with Crippen molar-refractivity contribution in [3.8, 4) is 10.4 Å². The number of carboxylic acid groups (broad SMARTS) is 1. The van der Waals surface area contributed by atoms with Gasteiger partial charge >= 0.3 is 5.97 Å². The van der Waals surface area contributed by atoms with E-state index in [4.69, 9.17) is 0 Å². The first-order chi connectivity index (χ1) is 12.6. The van der Waals surface area contributed by atoms with Crippen LogP contribution in [0.15, 0.2) is 73.1 Å². The third kappa shape index (κ3) is 2.98. The maximum Gasteiger partial charge on any atom is 0.346 e. The van der Waals surface area contributed by atoms with Gasteiger partial charge < -0.3 is 10.2 Å². The van der Waals surface area contributed by atoms with Crippen LogP contribution in [0.25, 0.3) is 21.2 Å². The van der Waals surface area contributed by atoms with Crippen LogP contribution in [0.5, 0.6) is 0 Å². The average Bonchev–Trinajstić information content (AvgIpc) is 3.13. The van der Waals surface area contributed by atoms with E-state index in [1.54, 1.807) is 18.5 Å². The predicted molar refractivity (Wildman–Crippen MR) is 103 cm³/mol. The third-order valence-electron chi connectivity index (χ3n) is 4.30. The topological polar surface area (TPSA) is 70.4 Å². The number of hydrogen-bond acceptors (Lipinski definition) is 4. The van der Waals surface area contributed by atoms with Crippen molar-refractivity contribution < 1.29 is 15.0 Å². The molecule has 0 aliphatic rings. The van der Waals surface area contributed by atoms with Gasteiger partial charge in [-0.3, -0.25) is 4.98 Å². The summed E-state index contributed by atoms with van der Waals surface area (Å²) in [5.41, 5.74) is 1.96. The Morgan fingerprint density at radius 3 is 2.42 bits per heavy atom. The Kier molecular flexibility index (Phi) is 4.24. The molecule has 128 valence electrons. The highest BCUT2D eigenvalue weighted by Crippen LogP contribution is 2.37. The summed E-state index contributed by atoms with van der Waals surface area (Å²) in [6.45, 7) is 0. The maximum atomic E-state index is 11.7. The molecule has 2 heterocycles. The highest BCUT2D eigenvalue weighted by molar-refractivity contribution is 7.17. The van der Waals surface area contributed by atoms with Gasteiger partial charge in [0.25, 0.3) is 0 Å². The standard InChI is InChI=1S/C21H15NO3S/c23-19(16-6-5-13-3-1-2-4-15(13)11-16)17-12-18(26-20(17)21(24)25)14-7-9-22-10-8-14/h1-12,19,23H,(H,24,25). The van der Waals surface area contributed by atoms with E-state index in [0.29, 0.717) is 11.1 Å². The molecule has 4 rings (SSSR count). The number of aromatic nitrogens is 1. The number of aliphatic hydroxyl groups is 1. The zero-order valence-electron chi connectivity index (χ0n) is 13.7. The van der Waals surface area contributed by atoms with Crippen LogP contribution in [0.4, 0.5) is 0 Å². The smallest absolute Gasteiger partial charge is 0.346 e. The van der Waals surface area contributed by atoms with Gasteiger partial charge in [0.1, 0.15) is 11.0 Å². The van der Waals surface area contributed by atoms with Gasteiger partial charge in [-0.25, -0.2) is 4.79 Å². The van der Waals surface area contributed by atoms with Crippen molar-refractivity contribution in [3.63, 3.8) is 0 Å². The Hall–Kier alpha value is -3.02. The van der Waals surface area contributed by atoms with Crippen molar-refractivity contribution in [1.82, 2.24) is 4.98 Å². The van der Waals surface area contributed by atoms with Crippen LogP contribution in [-0.4, -0.2) is 21.2 Å². The molecule has 2 N–H and O–H groups in total. The first-order valence-electron chi connectivity index (χ1n) is 8.07. The quantitative estimate of drug-likeness (QED) is 0.551. The van der Waals surface area contributed by atoms with Crippen LogP contribution in [0.1, 0.15) is 26.9 Å². The highest BCUT2D eigenvalue weighted by Gasteiger charge is 2.23. The Morgan fingerprint density at radius 1 is 0.962 bits per heavy atom. The number of aliphatic hydroxyl groups excluding tert-OH is 1. The van der Waals surface area contributed by atoms with Crippen LogP contribution in [0.2, 0.25) is 0 Å². The summed E-state index contributed by atoms with van der Waals surface area (Å²) in [5, 5.41) is 22.5. The van der Waals surface area contributed by atoms with Gasteiger partial charge in [0.15, 0.2) is 0 Å². The monoisotopic (exact) mass is 361 g/mol. The van der Waals surface area contributed by atoms with E-state index >= 15 is 0 Å². The zero-order valence-corrected chi connectivity index (χ0v) is 14.5. The molecule has 0 saturated carbocycles. The first kappa shape index (κ1) is 16.4. The fraction of sp³-hybridized carbons (Fsp3) is 0.0476. The van der Waals surface area contributed by atoms with Crippen LogP contribution in [0.3, 0.4) is 0 Å². The zero-order chi connectivity index (χ0) is 18.1. The molecule has 0 amide bonds. The molecule has 0 bridgehead atoms. The summed E-state index contributed by atoms with van der Waals surface area (Å²) < 4.78 is 0. The van der Waals surface area contributed by atoms with Crippen LogP contribution in [0, 0.1) is 0 Å². The Balaban J connectivity index is 1.80. The molecule has 1 atom stereocenters. The van der Waals surface area contributed by atoms with Gasteiger partial charge in [-0.1, -0.05) is 36.4 Å². The van der Waals surface area contributed by atoms with E-state index in [2.05, 4.69) is 4.98 Å². The summed E-state index contributed by atoms with van der Waals surface area (Å²) in [6, 6.07) is 18.9. The third-order valence-corrected chi connectivity index (χ3v) is 5.49. The second-order valence-electron chi connectivity index (χ2n) is 5.95. The first-order valence-corrected chi connectivity index (χ1v) is 8.89. The molecule has 0 radical (unpaired) electrons. The second kappa shape index (κ2) is 6.71. The lowest BCUT2D eigenvalue weighted by Gasteiger charge is -2.12. The van der Waals surface area contributed by atoms with E-state index in [1.165, 1.54) is 0 Å². The average molecular weight is 361 g/mol. The van der Waals surface area contributed by atoms with Crippen LogP contribution >= 0.6 is 11.3 Å². The number of carbonyl (C=O) groups is 1. The summed E-state index contributed by atoms with van der Waals surface area (Å²) in [4.78, 5) is 16.6. The molecule has 2 aromatic carbocycles. The number of thiophene rings is 1. The minimum absolute atomic E-state index is 0.150. The van der Waals surface area contributed by atoms with E-state index < -0.39 is 12.1 Å². The normalized spacial score (nSPS) is 12.2. The van der Waals surface area contributed by atoms with Gasteiger partial charge in [-0.15, -0.1) is 11.3 Å². The van der Waals surface area contributed by atoms with E-state index in [-0.39, 0.29) is 4.88 Å². The lowest BCUT2D eigenvalue weighted by Crippen LogP contribution is -2.04. The van der Waals surface area contributed by atoms with Gasteiger partial charge in [-0.05, 0) is 46.2 Å². The molecular weight excluding hydrogens is 346 g/mol. The lowest BCUT2D eigenvalue weighted by atomic mass is 9.98. The number of aromatic carboxylic acids is 1. The van der Waals surface area contributed by atoms with Crippen molar-refractivity contribution in [2.24, 2.45) is 0 Å². The van der Waals surface area contributed by atoms with Crippen molar-refractivity contribution in [1.29, 1.82) is 0 Å². The number of rotatable bonds is 4. The number of pyridine rings is 1. The van der Waals surface area contributed by atoms with Gasteiger partial charge in [-0.2, -0.15) is 0 Å². The molecule has 0 aliphatic carbocycles. The summed E-state index contributed by atoms with van der Waals surface area (Å²) in [5.74, 6) is -1.04. The highest BCUT2D eigenvalue weighted by atomic mass is 32.1. The van der Waals surface area contributed by atoms with Gasteiger partial charge in [0, 0.05) is 22.8 Å². The molecule has 2 aromatic heterocycles. The Bertz CT molecular complexity index is 1090. The van der Waals surface area contributed by atoms with Crippen molar-refractivity contribution in [2.75, 3.05) is 0 Å². The number of carboxylic acids is 1. The largest absolute Gasteiger partial charge is 0.477 e. The molecule has 4 nitrogen and oxygen atoms in total. The summed E-state index contributed by atoms with van der Waals surface area (Å²) in [6.07, 6.45) is 2.32. The van der Waals surface area contributed by atoms with Crippen molar-refractivity contribution in [3.05, 3.63) is 89.1 Å². The number of fused-ring (bicyclic) bond motifs is 1. The molecule has 5 heteroatoms. The SMILES string of the molecule is O=C(O)c1sc(-c2ccncc2)cc1C(O)c1ccc2ccccc2c1. The molecule has 1 unspecified atom stereocenters. The van der Waals surface area contributed by atoms with Crippen LogP contribution < -0.4 is 0 Å². The Labute approximate surface area is 154 Å². The molecule has 0 aliphatic heterocycles. The fourth-order valence-electron chi connectivity index (χ4n) is 2.99. The van der Waals surface area contributed by atoms with E-state index in [9.17, 15) is 15.0 Å². The predicted octanol–water partition coefficient (Wildman–Crippen LogP) is 4.74. The molecule has 4 aromatic rings. The molecular formula is C21H15NO3S. The fourth-order valence-corrected chi connectivity index (χ4v) is 4.03.